The number of halogens is 1. The topological polar surface area (TPSA) is 98.2 Å². The van der Waals surface area contributed by atoms with Crippen molar-refractivity contribution in [2.24, 2.45) is 0 Å². The summed E-state index contributed by atoms with van der Waals surface area (Å²) >= 11 is 0. The van der Waals surface area contributed by atoms with Crippen LogP contribution in [-0.4, -0.2) is 22.3 Å². The highest BCUT2D eigenvalue weighted by atomic mass is 19.1. The molecular weight excluding hydrogens is 365 g/mol. The van der Waals surface area contributed by atoms with Crippen molar-refractivity contribution in [1.29, 1.82) is 5.26 Å². The van der Waals surface area contributed by atoms with Crippen molar-refractivity contribution in [2.75, 3.05) is 0 Å². The fourth-order valence-electron chi connectivity index (χ4n) is 2.29. The zero-order chi connectivity index (χ0) is 20.1. The summed E-state index contributed by atoms with van der Waals surface area (Å²) < 4.78 is 29.3. The van der Waals surface area contributed by atoms with Gasteiger partial charge in [-0.15, -0.1) is 10.2 Å². The van der Waals surface area contributed by atoms with Crippen LogP contribution in [0.2, 0.25) is 0 Å². The number of benzene rings is 2. The first-order chi connectivity index (χ1) is 13.5. The molecule has 7 nitrogen and oxygen atoms in total. The molecule has 0 saturated carbocycles. The van der Waals surface area contributed by atoms with E-state index in [1.54, 1.807) is 38.1 Å². The summed E-state index contributed by atoms with van der Waals surface area (Å²) in [6.45, 7) is 3.14. The van der Waals surface area contributed by atoms with E-state index >= 15 is 0 Å². The van der Waals surface area contributed by atoms with Gasteiger partial charge in [0.25, 0.3) is 5.89 Å². The minimum atomic E-state index is -0.880. The van der Waals surface area contributed by atoms with Gasteiger partial charge in [0.2, 0.25) is 5.89 Å². The molecule has 0 unspecified atom stereocenters. The van der Waals surface area contributed by atoms with Gasteiger partial charge in [0.05, 0.1) is 11.6 Å². The molecular formula is C20H16FN3O4. The van der Waals surface area contributed by atoms with Crippen LogP contribution >= 0.6 is 0 Å². The van der Waals surface area contributed by atoms with Crippen LogP contribution in [0.4, 0.5) is 4.39 Å². The third kappa shape index (κ3) is 4.51. The Balaban J connectivity index is 1.60. The molecule has 0 spiro atoms. The van der Waals surface area contributed by atoms with Crippen LogP contribution < -0.4 is 4.74 Å². The van der Waals surface area contributed by atoms with E-state index in [4.69, 9.17) is 19.2 Å². The van der Waals surface area contributed by atoms with Gasteiger partial charge in [-0.25, -0.2) is 9.18 Å². The molecule has 0 saturated heterocycles. The summed E-state index contributed by atoms with van der Waals surface area (Å²) in [5, 5.41) is 16.5. The van der Waals surface area contributed by atoms with E-state index in [-0.39, 0.29) is 17.6 Å². The molecule has 0 bridgehead atoms. The first kappa shape index (κ1) is 19.0. The van der Waals surface area contributed by atoms with Crippen LogP contribution in [0.25, 0.3) is 11.5 Å². The molecule has 0 aliphatic rings. The van der Waals surface area contributed by atoms with Crippen molar-refractivity contribution in [3.05, 3.63) is 65.8 Å². The van der Waals surface area contributed by atoms with Gasteiger partial charge < -0.3 is 13.9 Å². The highest BCUT2D eigenvalue weighted by molar-refractivity contribution is 5.74. The molecule has 1 heterocycles. The highest BCUT2D eigenvalue weighted by Crippen LogP contribution is 2.23. The number of rotatable bonds is 6. The summed E-state index contributed by atoms with van der Waals surface area (Å²) in [6, 6.07) is 14.0. The third-order valence-corrected chi connectivity index (χ3v) is 3.80. The largest absolute Gasteiger partial charge is 0.479 e. The molecule has 3 rings (SSSR count). The summed E-state index contributed by atoms with van der Waals surface area (Å²) in [5.41, 5.74) is 1.04. The Morgan fingerprint density at radius 3 is 2.43 bits per heavy atom. The summed E-state index contributed by atoms with van der Waals surface area (Å²) in [6.07, 6.45) is -1.67. The number of nitriles is 1. The smallest absolute Gasteiger partial charge is 0.347 e. The lowest BCUT2D eigenvalue weighted by Gasteiger charge is -2.16. The van der Waals surface area contributed by atoms with Crippen molar-refractivity contribution in [1.82, 2.24) is 10.2 Å². The van der Waals surface area contributed by atoms with Crippen LogP contribution in [0, 0.1) is 17.1 Å². The molecule has 0 aliphatic carbocycles. The lowest BCUT2D eigenvalue weighted by Crippen LogP contribution is -2.27. The van der Waals surface area contributed by atoms with Gasteiger partial charge in [0, 0.05) is 5.56 Å². The van der Waals surface area contributed by atoms with Gasteiger partial charge in [0.15, 0.2) is 12.2 Å². The van der Waals surface area contributed by atoms with E-state index in [1.165, 1.54) is 24.3 Å². The molecule has 142 valence electrons. The number of carbonyl (C=O) groups excluding carboxylic acids is 1. The maximum Gasteiger partial charge on any atom is 0.347 e. The number of hydrogen-bond donors (Lipinski definition) is 0. The number of carbonyl (C=O) groups is 1. The van der Waals surface area contributed by atoms with E-state index in [1.807, 2.05) is 6.07 Å². The van der Waals surface area contributed by atoms with Gasteiger partial charge in [0.1, 0.15) is 11.6 Å². The summed E-state index contributed by atoms with van der Waals surface area (Å²) in [4.78, 5) is 12.2. The SMILES string of the molecule is C[C@@H](Oc1ccc(C#N)cc1)C(=O)O[C@H](C)c1nnc(-c2ccc(F)cc2)o1. The first-order valence-electron chi connectivity index (χ1n) is 8.43. The second-order valence-electron chi connectivity index (χ2n) is 5.93. The van der Waals surface area contributed by atoms with Gasteiger partial charge in [-0.05, 0) is 62.4 Å². The number of hydrogen-bond acceptors (Lipinski definition) is 7. The minimum Gasteiger partial charge on any atom is -0.479 e. The normalized spacial score (nSPS) is 12.6. The van der Waals surface area contributed by atoms with Crippen molar-refractivity contribution < 1.29 is 23.1 Å². The molecule has 28 heavy (non-hydrogen) atoms. The molecule has 0 aliphatic heterocycles. The average molecular weight is 381 g/mol. The summed E-state index contributed by atoms with van der Waals surface area (Å²) in [5.74, 6) is -0.244. The molecule has 2 atom stereocenters. The molecule has 0 fully saturated rings. The molecule has 1 aromatic heterocycles. The van der Waals surface area contributed by atoms with E-state index < -0.39 is 18.2 Å². The molecule has 0 radical (unpaired) electrons. The maximum atomic E-state index is 13.0. The van der Waals surface area contributed by atoms with Gasteiger partial charge in [-0.3, -0.25) is 0 Å². The van der Waals surface area contributed by atoms with Crippen LogP contribution in [0.1, 0.15) is 31.4 Å². The Hall–Kier alpha value is -3.73. The Bertz CT molecular complexity index is 994. The van der Waals surface area contributed by atoms with Crippen molar-refractivity contribution in [3.8, 4) is 23.3 Å². The van der Waals surface area contributed by atoms with E-state index in [2.05, 4.69) is 10.2 Å². The van der Waals surface area contributed by atoms with Crippen LogP contribution in [0.5, 0.6) is 5.75 Å². The molecule has 2 aromatic carbocycles. The van der Waals surface area contributed by atoms with Crippen LogP contribution in [-0.2, 0) is 9.53 Å². The lowest BCUT2D eigenvalue weighted by molar-refractivity contribution is -0.157. The van der Waals surface area contributed by atoms with E-state index in [0.717, 1.165) is 0 Å². The minimum absolute atomic E-state index is 0.109. The highest BCUT2D eigenvalue weighted by Gasteiger charge is 2.23. The Morgan fingerprint density at radius 2 is 1.79 bits per heavy atom. The monoisotopic (exact) mass is 381 g/mol. The Labute approximate surface area is 160 Å². The summed E-state index contributed by atoms with van der Waals surface area (Å²) in [7, 11) is 0. The Kier molecular flexibility index (Phi) is 5.65. The fourth-order valence-corrected chi connectivity index (χ4v) is 2.29. The molecule has 0 amide bonds. The first-order valence-corrected chi connectivity index (χ1v) is 8.43. The standard InChI is InChI=1S/C20H16FN3O4/c1-12(18-23-24-19(28-18)15-5-7-16(21)8-6-15)27-20(25)13(2)26-17-9-3-14(11-22)4-10-17/h3-10,12-13H,1-2H3/t12-,13-/m1/s1. The van der Waals surface area contributed by atoms with E-state index in [0.29, 0.717) is 16.9 Å². The van der Waals surface area contributed by atoms with E-state index in [9.17, 15) is 9.18 Å². The second-order valence-corrected chi connectivity index (χ2v) is 5.93. The number of aromatic nitrogens is 2. The predicted molar refractivity (Wildman–Crippen MR) is 95.4 cm³/mol. The lowest BCUT2D eigenvalue weighted by atomic mass is 10.2. The van der Waals surface area contributed by atoms with Crippen molar-refractivity contribution >= 4 is 5.97 Å². The predicted octanol–water partition coefficient (Wildman–Crippen LogP) is 3.82. The van der Waals surface area contributed by atoms with Gasteiger partial charge >= 0.3 is 5.97 Å². The average Bonchev–Trinajstić information content (AvgIpc) is 3.19. The van der Waals surface area contributed by atoms with Crippen molar-refractivity contribution in [3.63, 3.8) is 0 Å². The molecule has 3 aromatic rings. The number of ether oxygens (including phenoxy) is 2. The van der Waals surface area contributed by atoms with Crippen LogP contribution in [0.3, 0.4) is 0 Å². The zero-order valence-corrected chi connectivity index (χ0v) is 15.1. The van der Waals surface area contributed by atoms with Crippen LogP contribution in [0.15, 0.2) is 52.9 Å². The second kappa shape index (κ2) is 8.31. The Morgan fingerprint density at radius 1 is 1.11 bits per heavy atom. The van der Waals surface area contributed by atoms with Crippen molar-refractivity contribution in [2.45, 2.75) is 26.1 Å². The van der Waals surface area contributed by atoms with Gasteiger partial charge in [-0.1, -0.05) is 0 Å². The quantitative estimate of drug-likeness (QED) is 0.599. The zero-order valence-electron chi connectivity index (χ0n) is 15.1. The third-order valence-electron chi connectivity index (χ3n) is 3.80. The molecule has 0 N–H and O–H groups in total. The number of nitrogens with zero attached hydrogens (tertiary/aromatic N) is 3. The molecule has 8 heteroatoms. The number of esters is 1. The van der Waals surface area contributed by atoms with Gasteiger partial charge in [-0.2, -0.15) is 5.26 Å². The maximum absolute atomic E-state index is 13.0. The fraction of sp³-hybridized carbons (Fsp3) is 0.200.